The summed E-state index contributed by atoms with van der Waals surface area (Å²) in [6.45, 7) is 0. The number of sulfone groups is 1. The summed E-state index contributed by atoms with van der Waals surface area (Å²) in [7, 11) is -3.12. The van der Waals surface area contributed by atoms with Gasteiger partial charge in [-0.3, -0.25) is 15.1 Å². The lowest BCUT2D eigenvalue weighted by Crippen LogP contribution is -2.08. The third-order valence-electron chi connectivity index (χ3n) is 2.41. The molecular formula is C11H10N2O4S. The topological polar surface area (TPSA) is 89.6 Å². The second-order valence-corrected chi connectivity index (χ2v) is 5.79. The number of hydrogen-bond acceptors (Lipinski definition) is 5. The lowest BCUT2D eigenvalue weighted by molar-refractivity contribution is -0.384. The zero-order valence-corrected chi connectivity index (χ0v) is 10.1. The van der Waals surface area contributed by atoms with E-state index in [1.165, 1.54) is 24.4 Å². The van der Waals surface area contributed by atoms with Gasteiger partial charge < -0.3 is 0 Å². The Morgan fingerprint density at radius 2 is 2.22 bits per heavy atom. The van der Waals surface area contributed by atoms with Gasteiger partial charge in [-0.15, -0.1) is 0 Å². The second-order valence-electron chi connectivity index (χ2n) is 3.86. The molecule has 0 spiro atoms. The van der Waals surface area contributed by atoms with Crippen molar-refractivity contribution in [3.63, 3.8) is 0 Å². The average molecular weight is 266 g/mol. The molecule has 0 amide bonds. The third-order valence-corrected chi connectivity index (χ3v) is 3.79. The van der Waals surface area contributed by atoms with E-state index in [0.717, 1.165) is 5.41 Å². The molecular weight excluding hydrogens is 256 g/mol. The molecule has 0 bridgehead atoms. The molecule has 2 rings (SSSR count). The maximum Gasteiger partial charge on any atom is 0.270 e. The molecule has 0 aliphatic carbocycles. The number of nitro groups is 1. The van der Waals surface area contributed by atoms with Crippen molar-refractivity contribution in [2.45, 2.75) is 6.04 Å². The van der Waals surface area contributed by atoms with Gasteiger partial charge in [-0.25, -0.2) is 8.42 Å². The highest BCUT2D eigenvalue weighted by Crippen LogP contribution is 2.14. The van der Waals surface area contributed by atoms with Gasteiger partial charge in [-0.1, -0.05) is 12.1 Å². The number of benzene rings is 1. The van der Waals surface area contributed by atoms with E-state index in [2.05, 4.69) is 4.99 Å². The zero-order chi connectivity index (χ0) is 13.2. The third kappa shape index (κ3) is 3.01. The summed E-state index contributed by atoms with van der Waals surface area (Å²) in [6.07, 6.45) is 2.95. The van der Waals surface area contributed by atoms with E-state index in [9.17, 15) is 18.5 Å². The van der Waals surface area contributed by atoms with Crippen molar-refractivity contribution in [2.75, 3.05) is 5.75 Å². The van der Waals surface area contributed by atoms with Crippen molar-refractivity contribution in [2.24, 2.45) is 4.99 Å². The second kappa shape index (κ2) is 4.69. The molecule has 0 radical (unpaired) electrons. The number of aliphatic imine (C=N–C) groups is 1. The van der Waals surface area contributed by atoms with Crippen LogP contribution in [0.3, 0.4) is 0 Å². The lowest BCUT2D eigenvalue weighted by Gasteiger charge is -1.98. The van der Waals surface area contributed by atoms with Gasteiger partial charge in [0.2, 0.25) is 0 Å². The summed E-state index contributed by atoms with van der Waals surface area (Å²) < 4.78 is 22.3. The first kappa shape index (κ1) is 12.4. The Morgan fingerprint density at radius 1 is 1.44 bits per heavy atom. The predicted octanol–water partition coefficient (Wildman–Crippen LogP) is 1.32. The molecule has 0 saturated heterocycles. The van der Waals surface area contributed by atoms with Crippen LogP contribution in [0.5, 0.6) is 0 Å². The van der Waals surface area contributed by atoms with Crippen molar-refractivity contribution >= 4 is 21.7 Å². The van der Waals surface area contributed by atoms with E-state index < -0.39 is 20.8 Å². The summed E-state index contributed by atoms with van der Waals surface area (Å²) in [4.78, 5) is 14.2. The predicted molar refractivity (Wildman–Crippen MR) is 67.4 cm³/mol. The van der Waals surface area contributed by atoms with Crippen LogP contribution < -0.4 is 0 Å². The van der Waals surface area contributed by atoms with Gasteiger partial charge in [-0.2, -0.15) is 0 Å². The van der Waals surface area contributed by atoms with E-state index in [0.29, 0.717) is 5.56 Å². The fourth-order valence-corrected chi connectivity index (χ4v) is 2.76. The first-order chi connectivity index (χ1) is 8.46. The molecule has 7 heteroatoms. The molecule has 94 valence electrons. The Morgan fingerprint density at radius 3 is 2.83 bits per heavy atom. The highest BCUT2D eigenvalue weighted by Gasteiger charge is 2.20. The van der Waals surface area contributed by atoms with Gasteiger partial charge in [-0.05, 0) is 11.6 Å². The standard InChI is InChI=1S/C11H10N2O4S/c14-13(15)11-3-1-2-9(6-11)7-12-10-4-5-18(16,17)8-10/h1-7,10H,8H2/t10-/m0/s1. The van der Waals surface area contributed by atoms with Crippen LogP contribution in [0.25, 0.3) is 0 Å². The number of hydrogen-bond donors (Lipinski definition) is 0. The van der Waals surface area contributed by atoms with Gasteiger partial charge >= 0.3 is 0 Å². The van der Waals surface area contributed by atoms with Crippen LogP contribution in [0.4, 0.5) is 5.69 Å². The highest BCUT2D eigenvalue weighted by molar-refractivity contribution is 7.94. The minimum Gasteiger partial charge on any atom is -0.284 e. The average Bonchev–Trinajstić information content (AvgIpc) is 2.67. The normalized spacial score (nSPS) is 21.4. The van der Waals surface area contributed by atoms with Crippen LogP contribution in [0.15, 0.2) is 40.7 Å². The van der Waals surface area contributed by atoms with Crippen molar-refractivity contribution in [3.05, 3.63) is 51.4 Å². The minimum absolute atomic E-state index is 0.0199. The smallest absolute Gasteiger partial charge is 0.270 e. The van der Waals surface area contributed by atoms with Crippen LogP contribution in [-0.2, 0) is 9.84 Å². The summed E-state index contributed by atoms with van der Waals surface area (Å²) in [5, 5.41) is 11.7. The van der Waals surface area contributed by atoms with Crippen LogP contribution in [0.2, 0.25) is 0 Å². The van der Waals surface area contributed by atoms with Gasteiger partial charge in [0.05, 0.1) is 16.7 Å². The van der Waals surface area contributed by atoms with Crippen LogP contribution in [0.1, 0.15) is 5.56 Å². The van der Waals surface area contributed by atoms with Gasteiger partial charge in [0.15, 0.2) is 9.84 Å². The first-order valence-corrected chi connectivity index (χ1v) is 6.86. The Balaban J connectivity index is 2.13. The van der Waals surface area contributed by atoms with E-state index in [1.807, 2.05) is 0 Å². The number of nitrogens with zero attached hydrogens (tertiary/aromatic N) is 2. The molecule has 18 heavy (non-hydrogen) atoms. The van der Waals surface area contributed by atoms with Gasteiger partial charge in [0.1, 0.15) is 0 Å². The van der Waals surface area contributed by atoms with E-state index in [4.69, 9.17) is 0 Å². The Hall–Kier alpha value is -2.02. The maximum atomic E-state index is 11.1. The zero-order valence-electron chi connectivity index (χ0n) is 9.26. The lowest BCUT2D eigenvalue weighted by atomic mass is 10.2. The summed E-state index contributed by atoms with van der Waals surface area (Å²) in [6, 6.07) is 5.59. The summed E-state index contributed by atoms with van der Waals surface area (Å²) in [5.41, 5.74) is 0.551. The largest absolute Gasteiger partial charge is 0.284 e. The van der Waals surface area contributed by atoms with E-state index in [-0.39, 0.29) is 11.4 Å². The molecule has 0 aromatic heterocycles. The summed E-state index contributed by atoms with van der Waals surface area (Å²) in [5.74, 6) is -0.0432. The fraction of sp³-hybridized carbons (Fsp3) is 0.182. The van der Waals surface area contributed by atoms with Gasteiger partial charge in [0, 0.05) is 23.8 Å². The molecule has 1 atom stereocenters. The van der Waals surface area contributed by atoms with Crippen LogP contribution in [0, 0.1) is 10.1 Å². The molecule has 0 saturated carbocycles. The molecule has 0 fully saturated rings. The Labute approximate surface area is 104 Å². The first-order valence-electron chi connectivity index (χ1n) is 5.15. The van der Waals surface area contributed by atoms with E-state index in [1.54, 1.807) is 12.1 Å². The molecule has 1 aliphatic heterocycles. The fourth-order valence-electron chi connectivity index (χ4n) is 1.55. The molecule has 6 nitrogen and oxygen atoms in total. The summed E-state index contributed by atoms with van der Waals surface area (Å²) >= 11 is 0. The number of rotatable bonds is 3. The van der Waals surface area contributed by atoms with Crippen LogP contribution >= 0.6 is 0 Å². The van der Waals surface area contributed by atoms with Crippen LogP contribution in [-0.4, -0.2) is 31.4 Å². The highest BCUT2D eigenvalue weighted by atomic mass is 32.2. The Bertz CT molecular complexity index is 634. The van der Waals surface area contributed by atoms with Crippen molar-refractivity contribution in [3.8, 4) is 0 Å². The Kier molecular flexibility index (Phi) is 3.24. The molecule has 0 unspecified atom stereocenters. The monoisotopic (exact) mass is 266 g/mol. The van der Waals surface area contributed by atoms with E-state index >= 15 is 0 Å². The molecule has 1 aliphatic rings. The molecule has 0 N–H and O–H groups in total. The molecule has 1 aromatic carbocycles. The number of nitro benzene ring substituents is 1. The molecule has 1 aromatic rings. The maximum absolute atomic E-state index is 11.1. The minimum atomic E-state index is -3.12. The van der Waals surface area contributed by atoms with Crippen molar-refractivity contribution in [1.82, 2.24) is 0 Å². The number of non-ortho nitro benzene ring substituents is 1. The van der Waals surface area contributed by atoms with Crippen molar-refractivity contribution in [1.29, 1.82) is 0 Å². The quantitative estimate of drug-likeness (QED) is 0.469. The van der Waals surface area contributed by atoms with Gasteiger partial charge in [0.25, 0.3) is 5.69 Å². The SMILES string of the molecule is O=[N+]([O-])c1cccc(C=N[C@H]2C=CS(=O)(=O)C2)c1. The molecule has 1 heterocycles. The van der Waals surface area contributed by atoms with Crippen molar-refractivity contribution < 1.29 is 13.3 Å².